The molecule has 13 heteroatoms. The number of aliphatic carboxylic acids is 1. The third-order valence-electron chi connectivity index (χ3n) is 4.43. The van der Waals surface area contributed by atoms with Gasteiger partial charge in [0.2, 0.25) is 0 Å². The summed E-state index contributed by atoms with van der Waals surface area (Å²) in [4.78, 5) is 22.3. The van der Waals surface area contributed by atoms with Gasteiger partial charge in [-0.05, 0) is 42.1 Å². The number of hydrogen-bond donors (Lipinski definition) is 3. The van der Waals surface area contributed by atoms with Gasteiger partial charge in [-0.1, -0.05) is 36.4 Å². The van der Waals surface area contributed by atoms with Gasteiger partial charge in [0.25, 0.3) is 10.0 Å². The highest BCUT2D eigenvalue weighted by atomic mass is 32.2. The molecular formula is C22H21F3N2O6S2. The molecule has 0 aliphatic heterocycles. The predicted molar refractivity (Wildman–Crippen MR) is 125 cm³/mol. The zero-order valence-corrected chi connectivity index (χ0v) is 19.8. The van der Waals surface area contributed by atoms with Crippen LogP contribution in [0.15, 0.2) is 70.3 Å². The largest absolute Gasteiger partial charge is 0.490 e. The van der Waals surface area contributed by atoms with Crippen molar-refractivity contribution in [2.45, 2.75) is 23.9 Å². The van der Waals surface area contributed by atoms with Crippen molar-refractivity contribution in [2.75, 3.05) is 16.2 Å². The summed E-state index contributed by atoms with van der Waals surface area (Å²) in [6, 6.07) is 17.4. The number of thiophene rings is 1. The quantitative estimate of drug-likeness (QED) is 0.378. The lowest BCUT2D eigenvalue weighted by Crippen LogP contribution is -2.24. The summed E-state index contributed by atoms with van der Waals surface area (Å²) in [6.45, 7) is 3.15. The zero-order valence-electron chi connectivity index (χ0n) is 18.2. The molecule has 0 saturated carbocycles. The summed E-state index contributed by atoms with van der Waals surface area (Å²) in [5, 5.41) is 18.1. The van der Waals surface area contributed by atoms with Crippen LogP contribution in [0.1, 0.15) is 22.8 Å². The van der Waals surface area contributed by atoms with Crippen molar-refractivity contribution in [1.82, 2.24) is 0 Å². The van der Waals surface area contributed by atoms with Crippen LogP contribution in [-0.2, 0) is 21.4 Å². The van der Waals surface area contributed by atoms with E-state index in [1.54, 1.807) is 17.5 Å². The number of benzene rings is 2. The van der Waals surface area contributed by atoms with E-state index in [-0.39, 0.29) is 15.5 Å². The number of hydrogen-bond acceptors (Lipinski definition) is 6. The number of halogens is 3. The number of nitrogens with one attached hydrogen (secondary N) is 1. The Morgan fingerprint density at radius 1 is 1.03 bits per heavy atom. The molecule has 8 nitrogen and oxygen atoms in total. The minimum Gasteiger partial charge on any atom is -0.478 e. The van der Waals surface area contributed by atoms with Crippen molar-refractivity contribution in [1.29, 1.82) is 0 Å². The summed E-state index contributed by atoms with van der Waals surface area (Å²) in [6.07, 6.45) is -5.08. The molecule has 0 fully saturated rings. The highest BCUT2D eigenvalue weighted by Gasteiger charge is 2.38. The fourth-order valence-electron chi connectivity index (χ4n) is 2.81. The second kappa shape index (κ2) is 11.7. The smallest absolute Gasteiger partial charge is 0.478 e. The molecule has 0 saturated heterocycles. The van der Waals surface area contributed by atoms with Crippen LogP contribution in [0, 0.1) is 0 Å². The molecule has 3 rings (SSSR count). The van der Waals surface area contributed by atoms with Gasteiger partial charge < -0.3 is 15.1 Å². The Balaban J connectivity index is 0.000000540. The maximum absolute atomic E-state index is 12.7. The number of aromatic carboxylic acids is 1. The fraction of sp³-hybridized carbons (Fsp3) is 0.182. The minimum absolute atomic E-state index is 0.0170. The number of nitrogens with zero attached hydrogens (tertiary/aromatic N) is 1. The molecule has 0 radical (unpaired) electrons. The van der Waals surface area contributed by atoms with E-state index in [1.165, 1.54) is 18.2 Å². The Hall–Kier alpha value is -3.58. The number of sulfonamides is 1. The summed E-state index contributed by atoms with van der Waals surface area (Å²) in [5.41, 5.74) is 1.95. The number of carbonyl (C=O) groups is 2. The van der Waals surface area contributed by atoms with E-state index >= 15 is 0 Å². The van der Waals surface area contributed by atoms with Crippen LogP contribution in [0.3, 0.4) is 0 Å². The Morgan fingerprint density at radius 2 is 1.66 bits per heavy atom. The predicted octanol–water partition coefficient (Wildman–Crippen LogP) is 4.91. The molecule has 3 aromatic rings. The van der Waals surface area contributed by atoms with Crippen LogP contribution in [-0.4, -0.2) is 43.3 Å². The average Bonchev–Trinajstić information content (AvgIpc) is 3.34. The molecular weight excluding hydrogens is 509 g/mol. The van der Waals surface area contributed by atoms with Crippen molar-refractivity contribution >= 4 is 44.7 Å². The number of rotatable bonds is 8. The first-order valence-electron chi connectivity index (χ1n) is 9.87. The summed E-state index contributed by atoms with van der Waals surface area (Å²) >= 11 is 1.10. The maximum atomic E-state index is 12.7. The van der Waals surface area contributed by atoms with Gasteiger partial charge in [0.1, 0.15) is 4.21 Å². The summed E-state index contributed by atoms with van der Waals surface area (Å²) in [5.74, 6) is -3.87. The van der Waals surface area contributed by atoms with E-state index in [0.29, 0.717) is 18.8 Å². The minimum atomic E-state index is -5.08. The van der Waals surface area contributed by atoms with Crippen molar-refractivity contribution in [3.63, 3.8) is 0 Å². The maximum Gasteiger partial charge on any atom is 0.490 e. The molecule has 0 atom stereocenters. The molecule has 0 bridgehead atoms. The number of alkyl halides is 3. The number of anilines is 2. The van der Waals surface area contributed by atoms with Crippen LogP contribution in [0.25, 0.3) is 0 Å². The first kappa shape index (κ1) is 27.7. The van der Waals surface area contributed by atoms with Gasteiger partial charge in [-0.25, -0.2) is 18.0 Å². The van der Waals surface area contributed by atoms with Gasteiger partial charge >= 0.3 is 18.1 Å². The van der Waals surface area contributed by atoms with Gasteiger partial charge in [-0.15, -0.1) is 11.3 Å². The van der Waals surface area contributed by atoms with Gasteiger partial charge in [0, 0.05) is 13.1 Å². The fourth-order valence-corrected chi connectivity index (χ4v) is 4.87. The lowest BCUT2D eigenvalue weighted by atomic mass is 10.1. The first-order chi connectivity index (χ1) is 16.3. The standard InChI is InChI=1S/C20H20N2O4S2.C2HF3O2/c1-2-22(14-15-7-4-3-5-8-15)18-11-10-16(20(23)24)13-17(18)21-28(25,26)19-9-6-12-27-19;3-2(4,5)1(6)7/h3-13,21H,2,14H2,1H3,(H,23,24);(H,6,7). The van der Waals surface area contributed by atoms with Gasteiger partial charge in [-0.2, -0.15) is 13.2 Å². The average molecular weight is 531 g/mol. The van der Waals surface area contributed by atoms with E-state index in [1.807, 2.05) is 42.2 Å². The van der Waals surface area contributed by atoms with Crippen molar-refractivity contribution < 1.29 is 41.4 Å². The molecule has 3 N–H and O–H groups in total. The number of carboxylic acids is 2. The van der Waals surface area contributed by atoms with Crippen LogP contribution in [0.4, 0.5) is 24.5 Å². The van der Waals surface area contributed by atoms with E-state index in [9.17, 15) is 31.5 Å². The van der Waals surface area contributed by atoms with E-state index in [2.05, 4.69) is 4.72 Å². The van der Waals surface area contributed by atoms with Crippen LogP contribution in [0.5, 0.6) is 0 Å². The van der Waals surface area contributed by atoms with Crippen LogP contribution >= 0.6 is 11.3 Å². The molecule has 0 unspecified atom stereocenters. The Kier molecular flexibility index (Phi) is 9.25. The molecule has 0 amide bonds. The van der Waals surface area contributed by atoms with Crippen molar-refractivity contribution in [3.8, 4) is 0 Å². The third-order valence-corrected chi connectivity index (χ3v) is 7.19. The molecule has 0 aliphatic carbocycles. The van der Waals surface area contributed by atoms with E-state index in [0.717, 1.165) is 16.9 Å². The third kappa shape index (κ3) is 8.00. The van der Waals surface area contributed by atoms with E-state index < -0.39 is 28.1 Å². The Morgan fingerprint density at radius 3 is 2.14 bits per heavy atom. The molecule has 1 heterocycles. The lowest BCUT2D eigenvalue weighted by Gasteiger charge is -2.26. The highest BCUT2D eigenvalue weighted by molar-refractivity contribution is 7.94. The number of carboxylic acid groups (broad SMARTS) is 2. The monoisotopic (exact) mass is 530 g/mol. The molecule has 35 heavy (non-hydrogen) atoms. The van der Waals surface area contributed by atoms with E-state index in [4.69, 9.17) is 9.90 Å². The lowest BCUT2D eigenvalue weighted by molar-refractivity contribution is -0.192. The SMILES string of the molecule is CCN(Cc1ccccc1)c1ccc(C(=O)O)cc1NS(=O)(=O)c1cccs1.O=C(O)C(F)(F)F. The zero-order chi connectivity index (χ0) is 26.2. The van der Waals surface area contributed by atoms with Gasteiger partial charge in [-0.3, -0.25) is 4.72 Å². The molecule has 1 aromatic heterocycles. The summed E-state index contributed by atoms with van der Waals surface area (Å²) in [7, 11) is -3.80. The highest BCUT2D eigenvalue weighted by Crippen LogP contribution is 2.31. The van der Waals surface area contributed by atoms with Gasteiger partial charge in [0.05, 0.1) is 16.9 Å². The second-order valence-electron chi connectivity index (χ2n) is 6.88. The Bertz CT molecular complexity index is 1250. The summed E-state index contributed by atoms with van der Waals surface area (Å²) < 4.78 is 59.9. The normalized spacial score (nSPS) is 11.2. The van der Waals surface area contributed by atoms with Crippen molar-refractivity contribution in [3.05, 3.63) is 77.2 Å². The second-order valence-corrected chi connectivity index (χ2v) is 9.73. The van der Waals surface area contributed by atoms with Crippen LogP contribution in [0.2, 0.25) is 0 Å². The molecule has 0 spiro atoms. The molecule has 188 valence electrons. The first-order valence-corrected chi connectivity index (χ1v) is 12.2. The Labute approximate surface area is 203 Å². The van der Waals surface area contributed by atoms with Crippen molar-refractivity contribution in [2.24, 2.45) is 0 Å². The topological polar surface area (TPSA) is 124 Å². The van der Waals surface area contributed by atoms with Gasteiger partial charge in [0.15, 0.2) is 0 Å². The molecule has 0 aliphatic rings. The molecule has 2 aromatic carbocycles. The van der Waals surface area contributed by atoms with Crippen LogP contribution < -0.4 is 9.62 Å².